The summed E-state index contributed by atoms with van der Waals surface area (Å²) < 4.78 is 27.6. The van der Waals surface area contributed by atoms with Crippen molar-refractivity contribution in [2.75, 3.05) is 18.0 Å². The molecule has 110 valence electrons. The number of anilines is 1. The van der Waals surface area contributed by atoms with Crippen molar-refractivity contribution in [2.45, 2.75) is 18.9 Å². The molecule has 2 aromatic carbocycles. The summed E-state index contributed by atoms with van der Waals surface area (Å²) in [6, 6.07) is 11.3. The minimum absolute atomic E-state index is 0.245. The third kappa shape index (κ3) is 2.63. The van der Waals surface area contributed by atoms with Gasteiger partial charge < -0.3 is 10.6 Å². The highest BCUT2D eigenvalue weighted by Gasteiger charge is 2.26. The lowest BCUT2D eigenvalue weighted by Gasteiger charge is -2.37. The molecule has 1 aliphatic heterocycles. The van der Waals surface area contributed by atoms with Gasteiger partial charge in [0.25, 0.3) is 0 Å². The Morgan fingerprint density at radius 1 is 1.14 bits per heavy atom. The standard InChI is InChI=1S/C17H18F2N2/c18-13-7-8-15(19)14(10-13)17(11-20)21-9-3-5-12-4-1-2-6-16(12)21/h1-2,4,6-8,10,17H,3,5,9,11,20H2. The molecule has 0 bridgehead atoms. The Bertz CT molecular complexity index is 642. The largest absolute Gasteiger partial charge is 0.363 e. The first-order valence-electron chi connectivity index (χ1n) is 7.20. The van der Waals surface area contributed by atoms with Crippen molar-refractivity contribution >= 4 is 5.69 Å². The molecule has 0 radical (unpaired) electrons. The smallest absolute Gasteiger partial charge is 0.128 e. The van der Waals surface area contributed by atoms with E-state index in [0.29, 0.717) is 5.56 Å². The van der Waals surface area contributed by atoms with Gasteiger partial charge in [0.15, 0.2) is 0 Å². The van der Waals surface area contributed by atoms with Crippen LogP contribution >= 0.6 is 0 Å². The maximum atomic E-state index is 14.1. The zero-order chi connectivity index (χ0) is 14.8. The van der Waals surface area contributed by atoms with Crippen molar-refractivity contribution < 1.29 is 8.78 Å². The van der Waals surface area contributed by atoms with Crippen LogP contribution in [0.2, 0.25) is 0 Å². The molecule has 0 saturated heterocycles. The van der Waals surface area contributed by atoms with Crippen molar-refractivity contribution in [3.63, 3.8) is 0 Å². The van der Waals surface area contributed by atoms with E-state index in [1.807, 2.05) is 18.2 Å². The highest BCUT2D eigenvalue weighted by molar-refractivity contribution is 5.57. The monoisotopic (exact) mass is 288 g/mol. The second-order valence-electron chi connectivity index (χ2n) is 5.34. The summed E-state index contributed by atoms with van der Waals surface area (Å²) in [4.78, 5) is 2.09. The summed E-state index contributed by atoms with van der Waals surface area (Å²) in [7, 11) is 0. The molecule has 2 aromatic rings. The Hall–Kier alpha value is -1.94. The molecule has 2 nitrogen and oxygen atoms in total. The predicted molar refractivity (Wildman–Crippen MR) is 80.3 cm³/mol. The molecule has 0 amide bonds. The quantitative estimate of drug-likeness (QED) is 0.937. The van der Waals surface area contributed by atoms with Crippen LogP contribution in [0, 0.1) is 11.6 Å². The average molecular weight is 288 g/mol. The number of fused-ring (bicyclic) bond motifs is 1. The molecule has 1 unspecified atom stereocenters. The zero-order valence-electron chi connectivity index (χ0n) is 11.7. The van der Waals surface area contributed by atoms with E-state index in [2.05, 4.69) is 11.0 Å². The fourth-order valence-electron chi connectivity index (χ4n) is 3.08. The summed E-state index contributed by atoms with van der Waals surface area (Å²) in [5.41, 5.74) is 8.52. The van der Waals surface area contributed by atoms with Crippen LogP contribution in [0.25, 0.3) is 0 Å². The lowest BCUT2D eigenvalue weighted by Crippen LogP contribution is -2.38. The van der Waals surface area contributed by atoms with Gasteiger partial charge in [-0.2, -0.15) is 0 Å². The number of nitrogens with two attached hydrogens (primary N) is 1. The third-order valence-corrected chi connectivity index (χ3v) is 4.06. The molecule has 0 saturated carbocycles. The van der Waals surface area contributed by atoms with E-state index < -0.39 is 11.6 Å². The number of halogens is 2. The first-order chi connectivity index (χ1) is 10.2. The molecule has 1 heterocycles. The second kappa shape index (κ2) is 5.82. The van der Waals surface area contributed by atoms with Gasteiger partial charge >= 0.3 is 0 Å². The summed E-state index contributed by atoms with van der Waals surface area (Å²) in [6.45, 7) is 1.05. The van der Waals surface area contributed by atoms with Crippen LogP contribution in [0.3, 0.4) is 0 Å². The van der Waals surface area contributed by atoms with E-state index >= 15 is 0 Å². The van der Waals surface area contributed by atoms with Crippen LogP contribution < -0.4 is 10.6 Å². The molecule has 0 spiro atoms. The number of nitrogens with zero attached hydrogens (tertiary/aromatic N) is 1. The van der Waals surface area contributed by atoms with Crippen molar-refractivity contribution in [3.05, 3.63) is 65.2 Å². The van der Waals surface area contributed by atoms with Gasteiger partial charge in [0, 0.05) is 24.3 Å². The fraction of sp³-hybridized carbons (Fsp3) is 0.294. The maximum absolute atomic E-state index is 14.1. The minimum atomic E-state index is -0.435. The van der Waals surface area contributed by atoms with E-state index in [4.69, 9.17) is 5.73 Å². The fourth-order valence-corrected chi connectivity index (χ4v) is 3.08. The lowest BCUT2D eigenvalue weighted by molar-refractivity contribution is 0.531. The Labute approximate surface area is 123 Å². The molecule has 0 aromatic heterocycles. The molecule has 3 rings (SSSR count). The van der Waals surface area contributed by atoms with Crippen LogP contribution in [0.4, 0.5) is 14.5 Å². The predicted octanol–water partition coefficient (Wildman–Crippen LogP) is 3.42. The van der Waals surface area contributed by atoms with E-state index in [-0.39, 0.29) is 12.6 Å². The van der Waals surface area contributed by atoms with Crippen LogP contribution in [-0.4, -0.2) is 13.1 Å². The van der Waals surface area contributed by atoms with Gasteiger partial charge in [-0.3, -0.25) is 0 Å². The number of para-hydroxylation sites is 1. The van der Waals surface area contributed by atoms with Crippen LogP contribution in [0.5, 0.6) is 0 Å². The summed E-state index contributed by atoms with van der Waals surface area (Å²) in [5, 5.41) is 0. The van der Waals surface area contributed by atoms with Gasteiger partial charge in [-0.05, 0) is 42.7 Å². The zero-order valence-corrected chi connectivity index (χ0v) is 11.7. The van der Waals surface area contributed by atoms with E-state index in [1.54, 1.807) is 0 Å². The Morgan fingerprint density at radius 3 is 2.76 bits per heavy atom. The van der Waals surface area contributed by atoms with Gasteiger partial charge in [0.05, 0.1) is 6.04 Å². The Kier molecular flexibility index (Phi) is 3.88. The number of hydrogen-bond acceptors (Lipinski definition) is 2. The highest BCUT2D eigenvalue weighted by Crippen LogP contribution is 2.34. The summed E-state index contributed by atoms with van der Waals surface area (Å²) >= 11 is 0. The van der Waals surface area contributed by atoms with Crippen LogP contribution in [0.15, 0.2) is 42.5 Å². The van der Waals surface area contributed by atoms with E-state index in [9.17, 15) is 8.78 Å². The van der Waals surface area contributed by atoms with Gasteiger partial charge in [-0.15, -0.1) is 0 Å². The molecule has 4 heteroatoms. The molecule has 0 fully saturated rings. The molecule has 1 atom stereocenters. The van der Waals surface area contributed by atoms with Gasteiger partial charge in [0.2, 0.25) is 0 Å². The van der Waals surface area contributed by atoms with E-state index in [1.165, 1.54) is 17.7 Å². The summed E-state index contributed by atoms with van der Waals surface area (Å²) in [5.74, 6) is -0.843. The summed E-state index contributed by atoms with van der Waals surface area (Å²) in [6.07, 6.45) is 2.00. The van der Waals surface area contributed by atoms with Crippen molar-refractivity contribution in [1.82, 2.24) is 0 Å². The topological polar surface area (TPSA) is 29.3 Å². The Morgan fingerprint density at radius 2 is 1.95 bits per heavy atom. The van der Waals surface area contributed by atoms with Crippen LogP contribution in [0.1, 0.15) is 23.6 Å². The molecule has 0 aliphatic carbocycles. The maximum Gasteiger partial charge on any atom is 0.128 e. The SMILES string of the molecule is NCC(c1cc(F)ccc1F)N1CCCc2ccccc21. The van der Waals surface area contributed by atoms with Crippen molar-refractivity contribution in [1.29, 1.82) is 0 Å². The number of rotatable bonds is 3. The molecule has 1 aliphatic rings. The lowest BCUT2D eigenvalue weighted by atomic mass is 9.96. The first-order valence-corrected chi connectivity index (χ1v) is 7.20. The van der Waals surface area contributed by atoms with E-state index in [0.717, 1.165) is 31.1 Å². The van der Waals surface area contributed by atoms with Crippen molar-refractivity contribution in [3.8, 4) is 0 Å². The molecular weight excluding hydrogens is 270 g/mol. The molecular formula is C17H18F2N2. The van der Waals surface area contributed by atoms with Crippen LogP contribution in [-0.2, 0) is 6.42 Å². The van der Waals surface area contributed by atoms with Gasteiger partial charge in [0.1, 0.15) is 11.6 Å². The number of benzene rings is 2. The number of hydrogen-bond donors (Lipinski definition) is 1. The second-order valence-corrected chi connectivity index (χ2v) is 5.34. The molecule has 2 N–H and O–H groups in total. The van der Waals surface area contributed by atoms with Crippen molar-refractivity contribution in [2.24, 2.45) is 5.73 Å². The molecule has 21 heavy (non-hydrogen) atoms. The van der Waals surface area contributed by atoms with Gasteiger partial charge in [-0.25, -0.2) is 8.78 Å². The normalized spacial score (nSPS) is 15.7. The highest BCUT2D eigenvalue weighted by atomic mass is 19.1. The average Bonchev–Trinajstić information content (AvgIpc) is 2.51. The first kappa shape index (κ1) is 14.0. The third-order valence-electron chi connectivity index (χ3n) is 4.06. The van der Waals surface area contributed by atoms with Gasteiger partial charge in [-0.1, -0.05) is 18.2 Å². The Balaban J connectivity index is 2.03. The minimum Gasteiger partial charge on any atom is -0.363 e. The number of aryl methyl sites for hydroxylation is 1.